The lowest BCUT2D eigenvalue weighted by Gasteiger charge is -2.21. The monoisotopic (exact) mass is 487 g/mol. The first-order chi connectivity index (χ1) is 16.5. The predicted molar refractivity (Wildman–Crippen MR) is 131 cm³/mol. The minimum absolute atomic E-state index is 0.239. The van der Waals surface area contributed by atoms with E-state index in [0.717, 1.165) is 18.4 Å². The summed E-state index contributed by atoms with van der Waals surface area (Å²) in [6, 6.07) is 8.82. The third kappa shape index (κ3) is 5.01. The van der Waals surface area contributed by atoms with Crippen LogP contribution in [0.5, 0.6) is 28.7 Å². The number of aromatic nitrogens is 2. The second-order valence-corrected chi connectivity index (χ2v) is 8.11. The molecule has 0 aliphatic carbocycles. The van der Waals surface area contributed by atoms with Crippen molar-refractivity contribution < 1.29 is 28.5 Å². The van der Waals surface area contributed by atoms with E-state index in [1.165, 1.54) is 25.6 Å². The minimum atomic E-state index is -0.239. The number of hydrogen-bond acceptors (Lipinski definition) is 9. The van der Waals surface area contributed by atoms with Crippen molar-refractivity contribution >= 4 is 22.4 Å². The summed E-state index contributed by atoms with van der Waals surface area (Å²) in [5.74, 6) is 2.13. The molecule has 34 heavy (non-hydrogen) atoms. The molecule has 0 saturated carbocycles. The molecule has 182 valence electrons. The third-order valence-corrected chi connectivity index (χ3v) is 6.17. The van der Waals surface area contributed by atoms with Gasteiger partial charge < -0.3 is 23.7 Å². The number of carbonyl (C=O) groups is 1. The number of rotatable bonds is 11. The van der Waals surface area contributed by atoms with Gasteiger partial charge in [0, 0.05) is 12.1 Å². The Balaban J connectivity index is 2.03. The quantitative estimate of drug-likeness (QED) is 0.384. The highest BCUT2D eigenvalue weighted by Gasteiger charge is 2.26. The first-order valence-corrected chi connectivity index (χ1v) is 11.5. The number of anilines is 1. The molecule has 1 aromatic heterocycles. The molecular formula is C24H29N3O6S. The maximum Gasteiger partial charge on any atom is 0.264 e. The first-order valence-electron chi connectivity index (χ1n) is 10.7. The van der Waals surface area contributed by atoms with E-state index in [0.29, 0.717) is 51.0 Å². The van der Waals surface area contributed by atoms with Gasteiger partial charge in [-0.2, -0.15) is 0 Å². The fourth-order valence-electron chi connectivity index (χ4n) is 3.45. The highest BCUT2D eigenvalue weighted by molar-refractivity contribution is 7.18. The highest BCUT2D eigenvalue weighted by Crippen LogP contribution is 2.42. The smallest absolute Gasteiger partial charge is 0.264 e. The average molecular weight is 488 g/mol. The van der Waals surface area contributed by atoms with Crippen molar-refractivity contribution in [3.8, 4) is 39.3 Å². The highest BCUT2D eigenvalue weighted by atomic mass is 32.1. The van der Waals surface area contributed by atoms with Crippen LogP contribution in [-0.2, 0) is 0 Å². The molecule has 9 nitrogen and oxygen atoms in total. The van der Waals surface area contributed by atoms with Crippen LogP contribution in [0, 0.1) is 0 Å². The van der Waals surface area contributed by atoms with Crippen molar-refractivity contribution in [2.24, 2.45) is 0 Å². The fraction of sp³-hybridized carbons (Fsp3) is 0.375. The molecule has 2 aromatic carbocycles. The van der Waals surface area contributed by atoms with E-state index in [4.69, 9.17) is 23.7 Å². The Bertz CT molecular complexity index is 1110. The second-order valence-electron chi connectivity index (χ2n) is 7.16. The Kier molecular flexibility index (Phi) is 8.53. The summed E-state index contributed by atoms with van der Waals surface area (Å²) in [7, 11) is 7.71. The molecule has 0 bridgehead atoms. The summed E-state index contributed by atoms with van der Waals surface area (Å²) in [6.07, 6.45) is 1.72. The lowest BCUT2D eigenvalue weighted by atomic mass is 10.1. The van der Waals surface area contributed by atoms with Crippen LogP contribution in [0.15, 0.2) is 30.3 Å². The predicted octanol–water partition coefficient (Wildman–Crippen LogP) is 4.70. The van der Waals surface area contributed by atoms with Gasteiger partial charge in [-0.25, -0.2) is 0 Å². The number of amides is 1. The number of methoxy groups -OCH3 is 5. The zero-order valence-electron chi connectivity index (χ0n) is 20.2. The van der Waals surface area contributed by atoms with Crippen LogP contribution in [-0.4, -0.2) is 58.2 Å². The van der Waals surface area contributed by atoms with Crippen LogP contribution in [0.2, 0.25) is 0 Å². The molecule has 10 heteroatoms. The van der Waals surface area contributed by atoms with Gasteiger partial charge in [-0.15, -0.1) is 10.2 Å². The number of ether oxygens (including phenoxy) is 5. The number of nitrogens with zero attached hydrogens (tertiary/aromatic N) is 3. The van der Waals surface area contributed by atoms with E-state index >= 15 is 0 Å². The molecule has 0 N–H and O–H groups in total. The van der Waals surface area contributed by atoms with Crippen LogP contribution >= 0.6 is 11.3 Å². The first kappa shape index (κ1) is 25.1. The number of para-hydroxylation sites is 1. The standard InChI is InChI=1S/C24H29N3O6S/c1-7-8-12-27(23(28)16-10-9-11-17(29-2)20(16)32-5)24-26-25-22(34-24)15-13-18(30-3)21(33-6)19(14-15)31-4/h9-11,13-14H,7-8,12H2,1-6H3. The van der Waals surface area contributed by atoms with E-state index in [2.05, 4.69) is 17.1 Å². The SMILES string of the molecule is CCCCN(C(=O)c1cccc(OC)c1OC)c1nnc(-c2cc(OC)c(OC)c(OC)c2)s1. The summed E-state index contributed by atoms with van der Waals surface area (Å²) in [6.45, 7) is 2.55. The van der Waals surface area contributed by atoms with Gasteiger partial charge in [0.05, 0.1) is 41.1 Å². The van der Waals surface area contributed by atoms with E-state index in [-0.39, 0.29) is 5.91 Å². The van der Waals surface area contributed by atoms with Gasteiger partial charge in [-0.3, -0.25) is 9.69 Å². The van der Waals surface area contributed by atoms with Gasteiger partial charge in [-0.1, -0.05) is 30.7 Å². The van der Waals surface area contributed by atoms with E-state index < -0.39 is 0 Å². The number of benzene rings is 2. The van der Waals surface area contributed by atoms with Gasteiger partial charge >= 0.3 is 0 Å². The third-order valence-electron chi connectivity index (χ3n) is 5.17. The molecule has 3 rings (SSSR count). The fourth-order valence-corrected chi connectivity index (χ4v) is 4.30. The Labute approximate surface area is 203 Å². The summed E-state index contributed by atoms with van der Waals surface area (Å²) in [5, 5.41) is 9.76. The molecule has 0 fully saturated rings. The molecule has 0 aliphatic heterocycles. The normalized spacial score (nSPS) is 10.5. The van der Waals surface area contributed by atoms with Crippen molar-refractivity contribution in [1.29, 1.82) is 0 Å². The van der Waals surface area contributed by atoms with Crippen molar-refractivity contribution in [1.82, 2.24) is 10.2 Å². The van der Waals surface area contributed by atoms with Crippen molar-refractivity contribution in [3.05, 3.63) is 35.9 Å². The van der Waals surface area contributed by atoms with Crippen LogP contribution in [0.3, 0.4) is 0 Å². The molecular weight excluding hydrogens is 458 g/mol. The second kappa shape index (κ2) is 11.6. The van der Waals surface area contributed by atoms with Gasteiger partial charge in [0.15, 0.2) is 23.0 Å². The molecule has 1 heterocycles. The number of hydrogen-bond donors (Lipinski definition) is 0. The molecule has 0 radical (unpaired) electrons. The van der Waals surface area contributed by atoms with Crippen LogP contribution in [0.1, 0.15) is 30.1 Å². The van der Waals surface area contributed by atoms with E-state index in [1.54, 1.807) is 56.6 Å². The van der Waals surface area contributed by atoms with Crippen LogP contribution in [0.4, 0.5) is 5.13 Å². The number of carbonyl (C=O) groups excluding carboxylic acids is 1. The maximum absolute atomic E-state index is 13.6. The molecule has 0 unspecified atom stereocenters. The Morgan fingerprint density at radius 1 is 0.882 bits per heavy atom. The molecule has 3 aromatic rings. The Morgan fingerprint density at radius 3 is 2.09 bits per heavy atom. The minimum Gasteiger partial charge on any atom is -0.493 e. The van der Waals surface area contributed by atoms with Crippen LogP contribution in [0.25, 0.3) is 10.6 Å². The zero-order chi connectivity index (χ0) is 24.7. The van der Waals surface area contributed by atoms with Gasteiger partial charge in [0.2, 0.25) is 10.9 Å². The molecule has 0 aliphatic rings. The van der Waals surface area contributed by atoms with Crippen molar-refractivity contribution in [2.75, 3.05) is 47.0 Å². The molecule has 0 spiro atoms. The largest absolute Gasteiger partial charge is 0.493 e. The number of unbranched alkanes of at least 4 members (excludes halogenated alkanes) is 1. The van der Waals surface area contributed by atoms with E-state index in [9.17, 15) is 4.79 Å². The van der Waals surface area contributed by atoms with Gasteiger partial charge in [0.1, 0.15) is 5.01 Å². The van der Waals surface area contributed by atoms with Gasteiger partial charge in [-0.05, 0) is 30.7 Å². The van der Waals surface area contributed by atoms with Crippen molar-refractivity contribution in [3.63, 3.8) is 0 Å². The summed E-state index contributed by atoms with van der Waals surface area (Å²) < 4.78 is 27.2. The molecule has 1 amide bonds. The zero-order valence-corrected chi connectivity index (χ0v) is 21.0. The molecule has 0 saturated heterocycles. The summed E-state index contributed by atoms with van der Waals surface area (Å²) in [5.41, 5.74) is 1.13. The van der Waals surface area contributed by atoms with E-state index in [1.807, 2.05) is 0 Å². The molecule has 0 atom stereocenters. The van der Waals surface area contributed by atoms with Gasteiger partial charge in [0.25, 0.3) is 5.91 Å². The summed E-state index contributed by atoms with van der Waals surface area (Å²) in [4.78, 5) is 15.2. The van der Waals surface area contributed by atoms with Crippen LogP contribution < -0.4 is 28.6 Å². The van der Waals surface area contributed by atoms with Crippen molar-refractivity contribution in [2.45, 2.75) is 19.8 Å². The summed E-state index contributed by atoms with van der Waals surface area (Å²) >= 11 is 1.30. The Hall–Kier alpha value is -3.53. The average Bonchev–Trinajstić information content (AvgIpc) is 3.37. The lowest BCUT2D eigenvalue weighted by Crippen LogP contribution is -2.32. The lowest BCUT2D eigenvalue weighted by molar-refractivity contribution is 0.0982. The topological polar surface area (TPSA) is 92.2 Å². The Morgan fingerprint density at radius 2 is 1.53 bits per heavy atom. The maximum atomic E-state index is 13.6.